The number of aryl methyl sites for hydroxylation is 1. The molecule has 23 heavy (non-hydrogen) atoms. The van der Waals surface area contributed by atoms with Crippen LogP contribution in [0.25, 0.3) is 0 Å². The molecule has 0 saturated carbocycles. The van der Waals surface area contributed by atoms with E-state index in [2.05, 4.69) is 46.1 Å². The molecule has 0 aliphatic heterocycles. The summed E-state index contributed by atoms with van der Waals surface area (Å²) < 4.78 is 0. The molecule has 0 fully saturated rings. The predicted molar refractivity (Wildman–Crippen MR) is 95.7 cm³/mol. The first-order valence-electron chi connectivity index (χ1n) is 8.30. The lowest BCUT2D eigenvalue weighted by Crippen LogP contribution is -2.42. The Hall–Kier alpha value is -2.30. The van der Waals surface area contributed by atoms with Crippen molar-refractivity contribution in [1.82, 2.24) is 10.6 Å². The van der Waals surface area contributed by atoms with Crippen molar-refractivity contribution in [1.29, 1.82) is 0 Å². The van der Waals surface area contributed by atoms with E-state index in [1.54, 1.807) is 0 Å². The lowest BCUT2D eigenvalue weighted by molar-refractivity contribution is -0.114. The molecule has 0 radical (unpaired) electrons. The molecule has 0 heterocycles. The topological polar surface area (TPSA) is 65.5 Å². The number of anilines is 1. The molecule has 5 heteroatoms. The summed E-state index contributed by atoms with van der Waals surface area (Å²) >= 11 is 0. The highest BCUT2D eigenvalue weighted by atomic mass is 16.1. The summed E-state index contributed by atoms with van der Waals surface area (Å²) in [6, 6.07) is 8.27. The molecule has 1 aromatic carbocycles. The van der Waals surface area contributed by atoms with Crippen molar-refractivity contribution in [3.63, 3.8) is 0 Å². The van der Waals surface area contributed by atoms with Crippen LogP contribution in [0.2, 0.25) is 0 Å². The van der Waals surface area contributed by atoms with Gasteiger partial charge in [-0.3, -0.25) is 4.79 Å². The minimum absolute atomic E-state index is 0.103. The Labute approximate surface area is 138 Å². The number of nitrogens with one attached hydrogen (secondary N) is 3. The fraction of sp³-hybridized carbons (Fsp3) is 0.444. The Kier molecular flexibility index (Phi) is 6.66. The van der Waals surface area contributed by atoms with E-state index in [1.807, 2.05) is 25.1 Å². The fourth-order valence-electron chi connectivity index (χ4n) is 2.47. The molecule has 1 aliphatic rings. The monoisotopic (exact) mass is 314 g/mol. The zero-order chi connectivity index (χ0) is 16.5. The van der Waals surface area contributed by atoms with Gasteiger partial charge in [0.15, 0.2) is 5.96 Å². The second-order valence-corrected chi connectivity index (χ2v) is 5.58. The van der Waals surface area contributed by atoms with Crippen molar-refractivity contribution >= 4 is 17.6 Å². The van der Waals surface area contributed by atoms with Gasteiger partial charge in [-0.25, -0.2) is 4.99 Å². The molecule has 0 bridgehead atoms. The molecule has 0 unspecified atom stereocenters. The zero-order valence-corrected chi connectivity index (χ0v) is 13.9. The molecule has 3 N–H and O–H groups in total. The molecular weight excluding hydrogens is 288 g/mol. The van der Waals surface area contributed by atoms with Gasteiger partial charge in [-0.15, -0.1) is 0 Å². The molecule has 2 rings (SSSR count). The van der Waals surface area contributed by atoms with Gasteiger partial charge >= 0.3 is 0 Å². The first-order valence-corrected chi connectivity index (χ1v) is 8.30. The summed E-state index contributed by atoms with van der Waals surface area (Å²) in [6.07, 6.45) is 7.27. The fourth-order valence-corrected chi connectivity index (χ4v) is 2.47. The number of benzene rings is 1. The molecular formula is C18H26N4O. The lowest BCUT2D eigenvalue weighted by Gasteiger charge is -2.16. The molecule has 1 amide bonds. The number of aliphatic imine (C=N–C) groups is 1. The van der Waals surface area contributed by atoms with Gasteiger partial charge in [-0.1, -0.05) is 31.2 Å². The quantitative estimate of drug-likeness (QED) is 0.429. The highest BCUT2D eigenvalue weighted by molar-refractivity contribution is 5.94. The Morgan fingerprint density at radius 3 is 2.74 bits per heavy atom. The van der Waals surface area contributed by atoms with Crippen LogP contribution in [0.15, 0.2) is 41.4 Å². The van der Waals surface area contributed by atoms with Gasteiger partial charge in [0, 0.05) is 18.3 Å². The Balaban J connectivity index is 1.88. The molecule has 124 valence electrons. The number of carbonyl (C=O) groups is 1. The normalized spacial score (nSPS) is 14.8. The van der Waals surface area contributed by atoms with Gasteiger partial charge < -0.3 is 16.0 Å². The second-order valence-electron chi connectivity index (χ2n) is 5.58. The van der Waals surface area contributed by atoms with Gasteiger partial charge in [0.2, 0.25) is 5.91 Å². The third-order valence-electron chi connectivity index (χ3n) is 3.69. The van der Waals surface area contributed by atoms with Crippen LogP contribution in [-0.2, 0) is 11.2 Å². The number of amides is 1. The van der Waals surface area contributed by atoms with Crippen LogP contribution in [-0.4, -0.2) is 31.0 Å². The third-order valence-corrected chi connectivity index (χ3v) is 3.69. The van der Waals surface area contributed by atoms with Crippen molar-refractivity contribution in [2.24, 2.45) is 4.99 Å². The average molecular weight is 314 g/mol. The number of rotatable bonds is 6. The number of guanidine groups is 1. The molecule has 1 aliphatic carbocycles. The Morgan fingerprint density at radius 2 is 2.04 bits per heavy atom. The van der Waals surface area contributed by atoms with Crippen molar-refractivity contribution in [2.75, 3.05) is 18.4 Å². The van der Waals surface area contributed by atoms with Crippen molar-refractivity contribution in [2.45, 2.75) is 39.2 Å². The summed E-state index contributed by atoms with van der Waals surface area (Å²) in [5.41, 5.74) is 2.03. The Bertz CT molecular complexity index is 572. The minimum Gasteiger partial charge on any atom is -0.357 e. The second kappa shape index (κ2) is 8.98. The van der Waals surface area contributed by atoms with Gasteiger partial charge in [0.1, 0.15) is 6.54 Å². The van der Waals surface area contributed by atoms with E-state index in [0.29, 0.717) is 12.0 Å². The number of carbonyl (C=O) groups excluding carboxylic acids is 1. The molecule has 0 aromatic heterocycles. The highest BCUT2D eigenvalue weighted by Gasteiger charge is 2.12. The minimum atomic E-state index is -0.111. The highest BCUT2D eigenvalue weighted by Crippen LogP contribution is 2.11. The first-order chi connectivity index (χ1) is 11.2. The third kappa shape index (κ3) is 5.77. The molecule has 5 nitrogen and oxygen atoms in total. The van der Waals surface area contributed by atoms with Gasteiger partial charge in [-0.05, 0) is 43.9 Å². The number of hydrogen-bond donors (Lipinski definition) is 3. The standard InChI is InChI=1S/C18H26N4O/c1-3-14-8-7-11-16(12-14)21-17(23)13-20-18(19-4-2)22-15-9-5-6-10-15/h5-8,11-12,15H,3-4,9-10,13H2,1-2H3,(H,21,23)(H2,19,20,22). The molecule has 0 saturated heterocycles. The van der Waals surface area contributed by atoms with Gasteiger partial charge in [0.05, 0.1) is 0 Å². The van der Waals surface area contributed by atoms with E-state index >= 15 is 0 Å². The molecule has 0 atom stereocenters. The van der Waals surface area contributed by atoms with E-state index < -0.39 is 0 Å². The lowest BCUT2D eigenvalue weighted by atomic mass is 10.1. The van der Waals surface area contributed by atoms with Crippen LogP contribution < -0.4 is 16.0 Å². The smallest absolute Gasteiger partial charge is 0.246 e. The van der Waals surface area contributed by atoms with Crippen LogP contribution in [0.4, 0.5) is 5.69 Å². The van der Waals surface area contributed by atoms with Crippen molar-refractivity contribution in [3.05, 3.63) is 42.0 Å². The maximum atomic E-state index is 12.1. The Morgan fingerprint density at radius 1 is 1.26 bits per heavy atom. The number of nitrogens with zero attached hydrogens (tertiary/aromatic N) is 1. The van der Waals surface area contributed by atoms with E-state index in [4.69, 9.17) is 0 Å². The van der Waals surface area contributed by atoms with Gasteiger partial charge in [0.25, 0.3) is 0 Å². The zero-order valence-electron chi connectivity index (χ0n) is 13.9. The van der Waals surface area contributed by atoms with Crippen LogP contribution in [0, 0.1) is 0 Å². The van der Waals surface area contributed by atoms with Crippen molar-refractivity contribution < 1.29 is 4.79 Å². The van der Waals surface area contributed by atoms with Crippen LogP contribution >= 0.6 is 0 Å². The first kappa shape index (κ1) is 17.1. The largest absolute Gasteiger partial charge is 0.357 e. The summed E-state index contributed by atoms with van der Waals surface area (Å²) in [6.45, 7) is 4.98. The van der Waals surface area contributed by atoms with E-state index in [0.717, 1.165) is 31.5 Å². The van der Waals surface area contributed by atoms with E-state index in [1.165, 1.54) is 5.56 Å². The maximum absolute atomic E-state index is 12.1. The summed E-state index contributed by atoms with van der Waals surface area (Å²) in [5, 5.41) is 9.42. The molecule has 1 aromatic rings. The SMILES string of the molecule is CCNC(=NCC(=O)Nc1cccc(CC)c1)NC1CC=CC1. The van der Waals surface area contributed by atoms with Crippen LogP contribution in [0.1, 0.15) is 32.3 Å². The van der Waals surface area contributed by atoms with E-state index in [-0.39, 0.29) is 12.5 Å². The van der Waals surface area contributed by atoms with Crippen LogP contribution in [0.5, 0.6) is 0 Å². The van der Waals surface area contributed by atoms with Crippen LogP contribution in [0.3, 0.4) is 0 Å². The summed E-state index contributed by atoms with van der Waals surface area (Å²) in [4.78, 5) is 16.4. The summed E-state index contributed by atoms with van der Waals surface area (Å²) in [5.74, 6) is 0.582. The maximum Gasteiger partial charge on any atom is 0.246 e. The van der Waals surface area contributed by atoms with E-state index in [9.17, 15) is 4.79 Å². The summed E-state index contributed by atoms with van der Waals surface area (Å²) in [7, 11) is 0. The number of hydrogen-bond acceptors (Lipinski definition) is 2. The van der Waals surface area contributed by atoms with Crippen molar-refractivity contribution in [3.8, 4) is 0 Å². The predicted octanol–water partition coefficient (Wildman–Crippen LogP) is 2.46. The average Bonchev–Trinajstić information content (AvgIpc) is 3.06. The van der Waals surface area contributed by atoms with Gasteiger partial charge in [-0.2, -0.15) is 0 Å². The molecule has 0 spiro atoms.